The van der Waals surface area contributed by atoms with E-state index in [1.807, 2.05) is 13.8 Å². The second kappa shape index (κ2) is 6.75. The Morgan fingerprint density at radius 3 is 2.47 bits per heavy atom. The number of unbranched alkanes of at least 4 members (excludes halogenated alkanes) is 1. The quantitative estimate of drug-likeness (QED) is 0.778. The molecule has 0 amide bonds. The first-order valence-corrected chi connectivity index (χ1v) is 6.60. The van der Waals surface area contributed by atoms with E-state index in [1.165, 1.54) is 0 Å². The Hall–Kier alpha value is -0.890. The fourth-order valence-electron chi connectivity index (χ4n) is 2.37. The van der Waals surface area contributed by atoms with Gasteiger partial charge in [-0.3, -0.25) is 0 Å². The van der Waals surface area contributed by atoms with Crippen LogP contribution in [0.5, 0.6) is 0 Å². The second-order valence-electron chi connectivity index (χ2n) is 4.73. The lowest BCUT2D eigenvalue weighted by Crippen LogP contribution is -2.23. The summed E-state index contributed by atoms with van der Waals surface area (Å²) in [5, 5.41) is 3.39. The molecule has 0 radical (unpaired) electrons. The number of aryl methyl sites for hydroxylation is 2. The van der Waals surface area contributed by atoms with E-state index in [-0.39, 0.29) is 11.9 Å². The Morgan fingerprint density at radius 2 is 1.94 bits per heavy atom. The van der Waals surface area contributed by atoms with E-state index in [1.54, 1.807) is 6.07 Å². The van der Waals surface area contributed by atoms with Crippen LogP contribution in [0, 0.1) is 19.7 Å². The number of hydrogen-bond donors (Lipinski definition) is 1. The summed E-state index contributed by atoms with van der Waals surface area (Å²) in [4.78, 5) is 0. The predicted octanol–water partition coefficient (Wildman–Crippen LogP) is 4.28. The Labute approximate surface area is 104 Å². The molecule has 0 saturated heterocycles. The number of halogens is 1. The Balaban J connectivity index is 3.00. The summed E-state index contributed by atoms with van der Waals surface area (Å²) in [7, 11) is 0. The summed E-state index contributed by atoms with van der Waals surface area (Å²) >= 11 is 0. The van der Waals surface area contributed by atoms with Gasteiger partial charge < -0.3 is 5.32 Å². The van der Waals surface area contributed by atoms with Crippen LogP contribution in [0.25, 0.3) is 0 Å². The monoisotopic (exact) mass is 237 g/mol. The van der Waals surface area contributed by atoms with Crippen LogP contribution in [-0.2, 0) is 0 Å². The molecule has 0 bridgehead atoms. The zero-order valence-corrected chi connectivity index (χ0v) is 11.4. The Bertz CT molecular complexity index is 337. The molecule has 0 fully saturated rings. The highest BCUT2D eigenvalue weighted by Crippen LogP contribution is 2.26. The molecule has 1 unspecified atom stereocenters. The van der Waals surface area contributed by atoms with Crippen molar-refractivity contribution in [2.24, 2.45) is 0 Å². The lowest BCUT2D eigenvalue weighted by Gasteiger charge is -2.21. The lowest BCUT2D eigenvalue weighted by molar-refractivity contribution is 0.467. The summed E-state index contributed by atoms with van der Waals surface area (Å²) in [6.07, 6.45) is 3.28. The molecule has 1 atom stereocenters. The topological polar surface area (TPSA) is 12.0 Å². The minimum Gasteiger partial charge on any atom is -0.310 e. The van der Waals surface area contributed by atoms with E-state index >= 15 is 0 Å². The molecule has 0 aliphatic rings. The molecule has 0 heterocycles. The van der Waals surface area contributed by atoms with Crippen molar-refractivity contribution < 1.29 is 4.39 Å². The maximum atomic E-state index is 14.1. The van der Waals surface area contributed by atoms with Gasteiger partial charge in [-0.25, -0.2) is 4.39 Å². The smallest absolute Gasteiger partial charge is 0.128 e. The summed E-state index contributed by atoms with van der Waals surface area (Å²) in [6.45, 7) is 9.05. The molecular weight excluding hydrogens is 213 g/mol. The molecule has 2 heteroatoms. The molecule has 1 aromatic rings. The van der Waals surface area contributed by atoms with Gasteiger partial charge in [-0.15, -0.1) is 0 Å². The predicted molar refractivity (Wildman–Crippen MR) is 71.8 cm³/mol. The SMILES string of the molecule is CCCCC(NCC)c1c(C)cc(C)cc1F. The van der Waals surface area contributed by atoms with Gasteiger partial charge >= 0.3 is 0 Å². The fraction of sp³-hybridized carbons (Fsp3) is 0.600. The third kappa shape index (κ3) is 3.81. The van der Waals surface area contributed by atoms with Crippen molar-refractivity contribution in [2.45, 2.75) is 53.0 Å². The Morgan fingerprint density at radius 1 is 1.24 bits per heavy atom. The largest absolute Gasteiger partial charge is 0.310 e. The van der Waals surface area contributed by atoms with Gasteiger partial charge in [0.2, 0.25) is 0 Å². The molecule has 0 spiro atoms. The van der Waals surface area contributed by atoms with Gasteiger partial charge in [-0.1, -0.05) is 32.8 Å². The number of rotatable bonds is 6. The first-order valence-electron chi connectivity index (χ1n) is 6.60. The molecule has 1 aromatic carbocycles. The van der Waals surface area contributed by atoms with Crippen LogP contribution < -0.4 is 5.32 Å². The van der Waals surface area contributed by atoms with E-state index in [4.69, 9.17) is 0 Å². The molecule has 0 aliphatic heterocycles. The average Bonchev–Trinajstić information content (AvgIpc) is 2.24. The van der Waals surface area contributed by atoms with Gasteiger partial charge in [0, 0.05) is 11.6 Å². The number of hydrogen-bond acceptors (Lipinski definition) is 1. The summed E-state index contributed by atoms with van der Waals surface area (Å²) < 4.78 is 14.1. The summed E-state index contributed by atoms with van der Waals surface area (Å²) in [6, 6.07) is 3.85. The first-order chi connectivity index (χ1) is 8.10. The van der Waals surface area contributed by atoms with Crippen LogP contribution in [0.4, 0.5) is 4.39 Å². The molecule has 1 rings (SSSR count). The van der Waals surface area contributed by atoms with E-state index in [0.29, 0.717) is 0 Å². The fourth-order valence-corrected chi connectivity index (χ4v) is 2.37. The van der Waals surface area contributed by atoms with Crippen molar-refractivity contribution in [3.05, 3.63) is 34.6 Å². The highest BCUT2D eigenvalue weighted by atomic mass is 19.1. The third-order valence-electron chi connectivity index (χ3n) is 3.13. The van der Waals surface area contributed by atoms with Crippen molar-refractivity contribution in [1.82, 2.24) is 5.32 Å². The Kier molecular flexibility index (Phi) is 5.63. The zero-order valence-electron chi connectivity index (χ0n) is 11.4. The maximum Gasteiger partial charge on any atom is 0.128 e. The van der Waals surface area contributed by atoms with E-state index in [9.17, 15) is 4.39 Å². The van der Waals surface area contributed by atoms with Crippen LogP contribution in [0.1, 0.15) is 55.8 Å². The van der Waals surface area contributed by atoms with Gasteiger partial charge in [0.15, 0.2) is 0 Å². The second-order valence-corrected chi connectivity index (χ2v) is 4.73. The van der Waals surface area contributed by atoms with E-state index in [0.717, 1.165) is 42.5 Å². The van der Waals surface area contributed by atoms with E-state index in [2.05, 4.69) is 25.2 Å². The van der Waals surface area contributed by atoms with Crippen LogP contribution in [0.3, 0.4) is 0 Å². The van der Waals surface area contributed by atoms with Crippen molar-refractivity contribution in [3.8, 4) is 0 Å². The van der Waals surface area contributed by atoms with Crippen LogP contribution >= 0.6 is 0 Å². The molecule has 0 aromatic heterocycles. The minimum atomic E-state index is -0.0652. The summed E-state index contributed by atoms with van der Waals surface area (Å²) in [5.74, 6) is -0.0652. The first kappa shape index (κ1) is 14.2. The lowest BCUT2D eigenvalue weighted by atomic mass is 9.95. The third-order valence-corrected chi connectivity index (χ3v) is 3.13. The molecule has 17 heavy (non-hydrogen) atoms. The van der Waals surface area contributed by atoms with Gasteiger partial charge in [-0.2, -0.15) is 0 Å². The molecule has 96 valence electrons. The highest BCUT2D eigenvalue weighted by molar-refractivity contribution is 5.34. The van der Waals surface area contributed by atoms with Crippen molar-refractivity contribution in [2.75, 3.05) is 6.54 Å². The molecule has 0 aliphatic carbocycles. The van der Waals surface area contributed by atoms with Gasteiger partial charge in [0.1, 0.15) is 5.82 Å². The van der Waals surface area contributed by atoms with Gasteiger partial charge in [0.25, 0.3) is 0 Å². The normalized spacial score (nSPS) is 12.8. The van der Waals surface area contributed by atoms with Crippen LogP contribution in [-0.4, -0.2) is 6.54 Å². The van der Waals surface area contributed by atoms with Crippen molar-refractivity contribution >= 4 is 0 Å². The van der Waals surface area contributed by atoms with Crippen molar-refractivity contribution in [1.29, 1.82) is 0 Å². The van der Waals surface area contributed by atoms with Gasteiger partial charge in [-0.05, 0) is 44.0 Å². The standard InChI is InChI=1S/C15H24FN/c1-5-7-8-14(17-6-2)15-12(4)9-11(3)10-13(15)16/h9-10,14,17H,5-8H2,1-4H3. The van der Waals surface area contributed by atoms with Crippen LogP contribution in [0.2, 0.25) is 0 Å². The number of benzene rings is 1. The minimum absolute atomic E-state index is 0.0652. The van der Waals surface area contributed by atoms with E-state index < -0.39 is 0 Å². The maximum absolute atomic E-state index is 14.1. The molecule has 1 nitrogen and oxygen atoms in total. The number of nitrogens with one attached hydrogen (secondary N) is 1. The highest BCUT2D eigenvalue weighted by Gasteiger charge is 2.17. The molecular formula is C15H24FN. The zero-order chi connectivity index (χ0) is 12.8. The van der Waals surface area contributed by atoms with Gasteiger partial charge in [0.05, 0.1) is 0 Å². The molecule has 0 saturated carbocycles. The molecule has 1 N–H and O–H groups in total. The average molecular weight is 237 g/mol. The van der Waals surface area contributed by atoms with Crippen molar-refractivity contribution in [3.63, 3.8) is 0 Å². The summed E-state index contributed by atoms with van der Waals surface area (Å²) in [5.41, 5.74) is 2.91. The van der Waals surface area contributed by atoms with Crippen LogP contribution in [0.15, 0.2) is 12.1 Å².